The Kier molecular flexibility index (Phi) is 9.18. The number of aliphatic imine (C=N–C) groups is 1. The summed E-state index contributed by atoms with van der Waals surface area (Å²) in [5.41, 5.74) is 0.880. The average molecular weight is 533 g/mol. The lowest BCUT2D eigenvalue weighted by molar-refractivity contribution is -0.128. The van der Waals surface area contributed by atoms with Crippen molar-refractivity contribution in [2.24, 2.45) is 16.8 Å². The highest BCUT2D eigenvalue weighted by Gasteiger charge is 2.48. The molecule has 1 aliphatic carbocycles. The van der Waals surface area contributed by atoms with Crippen LogP contribution in [0.5, 0.6) is 0 Å². The van der Waals surface area contributed by atoms with Crippen molar-refractivity contribution in [2.45, 2.75) is 77.3 Å². The molecule has 1 saturated heterocycles. The highest BCUT2D eigenvalue weighted by atomic mass is 32.2. The Bertz CT molecular complexity index is 1090. The van der Waals surface area contributed by atoms with E-state index in [9.17, 15) is 18.3 Å². The van der Waals surface area contributed by atoms with E-state index in [2.05, 4.69) is 10.6 Å². The Balaban J connectivity index is 1.29. The van der Waals surface area contributed by atoms with Crippen molar-refractivity contribution in [1.29, 1.82) is 0 Å². The van der Waals surface area contributed by atoms with E-state index in [1.807, 2.05) is 38.1 Å². The van der Waals surface area contributed by atoms with Gasteiger partial charge in [0.15, 0.2) is 0 Å². The summed E-state index contributed by atoms with van der Waals surface area (Å²) < 4.78 is 32.6. The summed E-state index contributed by atoms with van der Waals surface area (Å²) in [4.78, 5) is 17.6. The number of nitrogens with zero attached hydrogens (tertiary/aromatic N) is 2. The number of hydrogen-bond acceptors (Lipinski definition) is 7. The van der Waals surface area contributed by atoms with Gasteiger partial charge in [0.25, 0.3) is 5.91 Å². The van der Waals surface area contributed by atoms with Crippen LogP contribution in [0.4, 0.5) is 0 Å². The number of rotatable bonds is 10. The van der Waals surface area contributed by atoms with Crippen LogP contribution in [0.1, 0.15) is 69.9 Å². The maximum Gasteiger partial charge on any atom is 0.253 e. The fourth-order valence-corrected chi connectivity index (χ4v) is 6.30. The number of ether oxygens (including phenoxy) is 1. The number of carbonyl (C=O) groups excluding carboxylic acids is 1. The number of nitrogens with one attached hydrogen (secondary N) is 2. The normalized spacial score (nSPS) is 22.1. The summed E-state index contributed by atoms with van der Waals surface area (Å²) in [6.45, 7) is 5.45. The van der Waals surface area contributed by atoms with E-state index in [1.54, 1.807) is 6.08 Å². The third-order valence-corrected chi connectivity index (χ3v) is 8.95. The Morgan fingerprint density at radius 2 is 1.86 bits per heavy atom. The van der Waals surface area contributed by atoms with Gasteiger partial charge in [-0.25, -0.2) is 8.42 Å². The number of aliphatic hydroxyl groups excluding tert-OH is 1. The number of benzene rings is 1. The lowest BCUT2D eigenvalue weighted by Gasteiger charge is -2.34. The number of hydrogen-bond donors (Lipinski definition) is 3. The smallest absolute Gasteiger partial charge is 0.253 e. The molecule has 1 unspecified atom stereocenters. The van der Waals surface area contributed by atoms with E-state index in [0.717, 1.165) is 29.8 Å². The van der Waals surface area contributed by atoms with Gasteiger partial charge < -0.3 is 15.2 Å². The van der Waals surface area contributed by atoms with Gasteiger partial charge in [-0.2, -0.15) is 4.31 Å². The highest BCUT2D eigenvalue weighted by molar-refractivity contribution is 7.92. The zero-order valence-electron chi connectivity index (χ0n) is 21.9. The number of amides is 1. The molecule has 1 aromatic rings. The fraction of sp³-hybridized carbons (Fsp3) is 0.630. The molecule has 10 heteroatoms. The van der Waals surface area contributed by atoms with Crippen LogP contribution in [0.15, 0.2) is 34.7 Å². The van der Waals surface area contributed by atoms with E-state index in [4.69, 9.17) is 9.73 Å². The molecule has 3 aliphatic rings. The SMILES string of the molecule is CC(C)COC(O)NCc1ccc(/C=C/S(=O)(=O)N2CCC3(CC2)N=C(C2CCCCC2)NC3=O)cc1. The van der Waals surface area contributed by atoms with Crippen molar-refractivity contribution >= 4 is 27.8 Å². The minimum Gasteiger partial charge on any atom is -0.356 e. The van der Waals surface area contributed by atoms with Crippen LogP contribution in [-0.2, 0) is 26.1 Å². The van der Waals surface area contributed by atoms with E-state index < -0.39 is 22.0 Å². The topological polar surface area (TPSA) is 120 Å². The van der Waals surface area contributed by atoms with Crippen LogP contribution in [-0.4, -0.2) is 61.2 Å². The van der Waals surface area contributed by atoms with E-state index in [0.29, 0.717) is 37.8 Å². The number of aliphatic hydroxyl groups is 1. The molecular formula is C27H40N4O5S. The molecule has 1 spiro atoms. The van der Waals surface area contributed by atoms with Crippen LogP contribution >= 0.6 is 0 Å². The van der Waals surface area contributed by atoms with Gasteiger partial charge in [0.2, 0.25) is 16.4 Å². The van der Waals surface area contributed by atoms with Crippen molar-refractivity contribution in [2.75, 3.05) is 19.7 Å². The van der Waals surface area contributed by atoms with Gasteiger partial charge in [-0.1, -0.05) is 57.4 Å². The molecule has 1 saturated carbocycles. The molecule has 0 aromatic heterocycles. The summed E-state index contributed by atoms with van der Waals surface area (Å²) in [5.74, 6) is 1.40. The van der Waals surface area contributed by atoms with Gasteiger partial charge in [0.05, 0.1) is 6.61 Å². The molecule has 1 amide bonds. The summed E-state index contributed by atoms with van der Waals surface area (Å²) in [6, 6.07) is 7.42. The summed E-state index contributed by atoms with van der Waals surface area (Å²) in [6.07, 6.45) is 7.05. The largest absolute Gasteiger partial charge is 0.356 e. The first-order valence-electron chi connectivity index (χ1n) is 13.4. The fourth-order valence-electron chi connectivity index (χ4n) is 5.11. The zero-order valence-corrected chi connectivity index (χ0v) is 22.7. The van der Waals surface area contributed by atoms with E-state index in [-0.39, 0.29) is 19.0 Å². The Labute approximate surface area is 220 Å². The van der Waals surface area contributed by atoms with Gasteiger partial charge in [-0.15, -0.1) is 0 Å². The number of piperidine rings is 1. The summed E-state index contributed by atoms with van der Waals surface area (Å²) >= 11 is 0. The Morgan fingerprint density at radius 1 is 1.19 bits per heavy atom. The van der Waals surface area contributed by atoms with Gasteiger partial charge in [-0.05, 0) is 48.8 Å². The molecular weight excluding hydrogens is 492 g/mol. The van der Waals surface area contributed by atoms with Crippen molar-refractivity contribution in [3.05, 3.63) is 40.8 Å². The molecule has 1 atom stereocenters. The summed E-state index contributed by atoms with van der Waals surface area (Å²) in [7, 11) is -3.61. The standard InChI is InChI=1S/C27H40N4O5S/c1-20(2)19-36-26(33)28-18-22-10-8-21(9-11-22)12-17-37(34,35)31-15-13-27(14-16-31)25(32)29-24(30-27)23-6-4-3-5-7-23/h8-12,17,20,23,26,28,33H,3-7,13-16,18-19H2,1-2H3,(H,29,30,32)/b17-12+. The van der Waals surface area contributed by atoms with Crippen LogP contribution in [0.3, 0.4) is 0 Å². The minimum atomic E-state index is -3.61. The number of sulfonamides is 1. The molecule has 2 heterocycles. The summed E-state index contributed by atoms with van der Waals surface area (Å²) in [5, 5.41) is 17.0. The Hall–Kier alpha value is -2.11. The lowest BCUT2D eigenvalue weighted by Crippen LogP contribution is -2.50. The van der Waals surface area contributed by atoms with Crippen molar-refractivity contribution < 1.29 is 23.1 Å². The second-order valence-corrected chi connectivity index (χ2v) is 12.6. The third kappa shape index (κ3) is 7.26. The molecule has 37 heavy (non-hydrogen) atoms. The Morgan fingerprint density at radius 3 is 2.51 bits per heavy atom. The monoisotopic (exact) mass is 532 g/mol. The maximum absolute atomic E-state index is 13.0. The third-order valence-electron chi connectivity index (χ3n) is 7.38. The maximum atomic E-state index is 13.0. The first-order chi connectivity index (χ1) is 17.7. The minimum absolute atomic E-state index is 0.0748. The van der Waals surface area contributed by atoms with Crippen molar-refractivity contribution in [3.8, 4) is 0 Å². The molecule has 0 radical (unpaired) electrons. The van der Waals surface area contributed by atoms with Crippen molar-refractivity contribution in [1.82, 2.24) is 14.9 Å². The van der Waals surface area contributed by atoms with Gasteiger partial charge in [0.1, 0.15) is 11.4 Å². The van der Waals surface area contributed by atoms with Gasteiger partial charge in [-0.3, -0.25) is 15.1 Å². The molecule has 2 fully saturated rings. The second-order valence-electron chi connectivity index (χ2n) is 10.8. The van der Waals surface area contributed by atoms with Crippen LogP contribution < -0.4 is 10.6 Å². The first-order valence-corrected chi connectivity index (χ1v) is 14.9. The quantitative estimate of drug-likeness (QED) is 0.399. The molecule has 1 aromatic carbocycles. The molecule has 0 bridgehead atoms. The molecule has 3 N–H and O–H groups in total. The average Bonchev–Trinajstić information content (AvgIpc) is 3.21. The number of carbonyl (C=O) groups is 1. The van der Waals surface area contributed by atoms with E-state index in [1.165, 1.54) is 29.0 Å². The highest BCUT2D eigenvalue weighted by Crippen LogP contribution is 2.35. The molecule has 9 nitrogen and oxygen atoms in total. The van der Waals surface area contributed by atoms with Crippen LogP contribution in [0.2, 0.25) is 0 Å². The van der Waals surface area contributed by atoms with Gasteiger partial charge >= 0.3 is 0 Å². The molecule has 4 rings (SSSR count). The van der Waals surface area contributed by atoms with E-state index >= 15 is 0 Å². The van der Waals surface area contributed by atoms with Crippen LogP contribution in [0, 0.1) is 11.8 Å². The molecule has 204 valence electrons. The lowest BCUT2D eigenvalue weighted by atomic mass is 9.88. The number of amidine groups is 1. The van der Waals surface area contributed by atoms with Crippen molar-refractivity contribution in [3.63, 3.8) is 0 Å². The second kappa shape index (κ2) is 12.2. The molecule has 2 aliphatic heterocycles. The predicted molar refractivity (Wildman–Crippen MR) is 144 cm³/mol. The van der Waals surface area contributed by atoms with Crippen LogP contribution in [0.25, 0.3) is 6.08 Å². The first kappa shape index (κ1) is 27.9. The zero-order chi connectivity index (χ0) is 26.5. The van der Waals surface area contributed by atoms with Gasteiger partial charge in [0, 0.05) is 31.0 Å². The predicted octanol–water partition coefficient (Wildman–Crippen LogP) is 2.97.